The van der Waals surface area contributed by atoms with Crippen molar-refractivity contribution in [3.63, 3.8) is 0 Å². The Labute approximate surface area is 162 Å². The van der Waals surface area contributed by atoms with Gasteiger partial charge in [-0.1, -0.05) is 19.4 Å². The van der Waals surface area contributed by atoms with E-state index in [9.17, 15) is 4.39 Å². The Morgan fingerprint density at radius 3 is 2.93 bits per heavy atom. The first-order valence-electron chi connectivity index (χ1n) is 8.82. The van der Waals surface area contributed by atoms with Crippen LogP contribution in [0.25, 0.3) is 0 Å². The smallest absolute Gasteiger partial charge is 0.213 e. The average molecular weight is 380 g/mol. The molecule has 0 aliphatic carbocycles. The van der Waals surface area contributed by atoms with Crippen LogP contribution in [0, 0.1) is 5.82 Å². The number of hydrogen-bond acceptors (Lipinski definition) is 4. The molecule has 3 aromatic heterocycles. The largest absolute Gasteiger partial charge is 0.481 e. The molecule has 7 nitrogen and oxygen atoms in total. The molecule has 0 spiro atoms. The third kappa shape index (κ3) is 4.59. The van der Waals surface area contributed by atoms with E-state index in [1.807, 2.05) is 12.3 Å². The van der Waals surface area contributed by atoms with Crippen LogP contribution in [0.1, 0.15) is 30.3 Å². The van der Waals surface area contributed by atoms with Crippen LogP contribution in [-0.4, -0.2) is 33.7 Å². The maximum absolute atomic E-state index is 14.1. The predicted octanol–water partition coefficient (Wildman–Crippen LogP) is 3.39. The molecule has 0 aliphatic rings. The maximum atomic E-state index is 14.1. The van der Waals surface area contributed by atoms with E-state index in [0.717, 1.165) is 24.6 Å². The standard InChI is InChI=1S/C20H21FN6O/c1-3-5-13-10-17(24-11-13)20(26-15-8-9-23-12-14(15)21)27-19(22)16-6-4-7-18(25-16)28-2/h4,6-12,24H,3,5H2,1-2H3,(H2,22,23,26,27). The summed E-state index contributed by atoms with van der Waals surface area (Å²) in [7, 11) is 1.52. The highest BCUT2D eigenvalue weighted by Crippen LogP contribution is 2.18. The van der Waals surface area contributed by atoms with Gasteiger partial charge in [-0.25, -0.2) is 19.4 Å². The zero-order valence-corrected chi connectivity index (χ0v) is 15.7. The van der Waals surface area contributed by atoms with E-state index in [4.69, 9.17) is 10.5 Å². The van der Waals surface area contributed by atoms with Gasteiger partial charge >= 0.3 is 0 Å². The third-order valence-corrected chi connectivity index (χ3v) is 3.92. The second-order valence-electron chi connectivity index (χ2n) is 6.00. The molecule has 144 valence electrons. The van der Waals surface area contributed by atoms with Crippen molar-refractivity contribution in [2.45, 2.75) is 19.8 Å². The zero-order valence-electron chi connectivity index (χ0n) is 15.7. The van der Waals surface area contributed by atoms with Gasteiger partial charge in [0, 0.05) is 18.5 Å². The van der Waals surface area contributed by atoms with Gasteiger partial charge in [0.1, 0.15) is 11.4 Å². The van der Waals surface area contributed by atoms with E-state index in [-0.39, 0.29) is 17.4 Å². The number of nitrogens with two attached hydrogens (primary N) is 1. The summed E-state index contributed by atoms with van der Waals surface area (Å²) in [5, 5.41) is 0. The number of rotatable bonds is 6. The molecule has 0 bridgehead atoms. The Hall–Kier alpha value is -3.55. The SMILES string of the molecule is CCCc1c[nH]c(C(N=C(N)c2cccc(OC)n2)=Nc2ccncc2F)c1. The first-order valence-corrected chi connectivity index (χ1v) is 8.82. The second kappa shape index (κ2) is 8.90. The molecule has 0 atom stereocenters. The molecule has 28 heavy (non-hydrogen) atoms. The molecule has 0 radical (unpaired) electrons. The number of ether oxygens (including phenoxy) is 1. The molecule has 0 saturated carbocycles. The number of aryl methyl sites for hydroxylation is 1. The summed E-state index contributed by atoms with van der Waals surface area (Å²) < 4.78 is 19.2. The van der Waals surface area contributed by atoms with Crippen LogP contribution in [0.4, 0.5) is 10.1 Å². The highest BCUT2D eigenvalue weighted by atomic mass is 19.1. The van der Waals surface area contributed by atoms with Crippen LogP contribution >= 0.6 is 0 Å². The Morgan fingerprint density at radius 1 is 1.32 bits per heavy atom. The molecule has 3 heterocycles. The molecule has 0 amide bonds. The summed E-state index contributed by atoms with van der Waals surface area (Å²) in [6.45, 7) is 2.10. The summed E-state index contributed by atoms with van der Waals surface area (Å²) in [5.41, 5.74) is 8.43. The third-order valence-electron chi connectivity index (χ3n) is 3.92. The monoisotopic (exact) mass is 380 g/mol. The summed E-state index contributed by atoms with van der Waals surface area (Å²) in [4.78, 5) is 19.9. The molecule has 0 aromatic carbocycles. The van der Waals surface area contributed by atoms with Crippen molar-refractivity contribution < 1.29 is 9.13 Å². The van der Waals surface area contributed by atoms with Gasteiger partial charge in [-0.3, -0.25) is 4.98 Å². The Kier molecular flexibility index (Phi) is 6.11. The number of aromatic nitrogens is 3. The van der Waals surface area contributed by atoms with Gasteiger partial charge in [0.25, 0.3) is 0 Å². The average Bonchev–Trinajstić information content (AvgIpc) is 3.18. The van der Waals surface area contributed by atoms with E-state index in [1.54, 1.807) is 18.2 Å². The number of aliphatic imine (C=N–C) groups is 2. The fraction of sp³-hybridized carbons (Fsp3) is 0.200. The number of aromatic amines is 1. The van der Waals surface area contributed by atoms with Crippen molar-refractivity contribution in [1.82, 2.24) is 15.0 Å². The minimum absolute atomic E-state index is 0.117. The summed E-state index contributed by atoms with van der Waals surface area (Å²) in [5.74, 6) is 0.251. The van der Waals surface area contributed by atoms with E-state index >= 15 is 0 Å². The van der Waals surface area contributed by atoms with Gasteiger partial charge in [0.05, 0.1) is 19.0 Å². The highest BCUT2D eigenvalue weighted by molar-refractivity contribution is 6.10. The van der Waals surface area contributed by atoms with Crippen molar-refractivity contribution in [1.29, 1.82) is 0 Å². The first-order chi connectivity index (χ1) is 13.6. The van der Waals surface area contributed by atoms with Crippen molar-refractivity contribution >= 4 is 17.4 Å². The normalized spacial score (nSPS) is 12.2. The number of amidine groups is 2. The number of halogens is 1. The molecular weight excluding hydrogens is 359 g/mol. The minimum Gasteiger partial charge on any atom is -0.481 e. The quantitative estimate of drug-likeness (QED) is 0.505. The van der Waals surface area contributed by atoms with Crippen LogP contribution in [0.15, 0.2) is 58.9 Å². The molecule has 0 fully saturated rings. The van der Waals surface area contributed by atoms with E-state index < -0.39 is 5.82 Å². The van der Waals surface area contributed by atoms with Crippen molar-refractivity contribution in [2.24, 2.45) is 15.7 Å². The Morgan fingerprint density at radius 2 is 2.18 bits per heavy atom. The fourth-order valence-corrected chi connectivity index (χ4v) is 2.56. The van der Waals surface area contributed by atoms with Gasteiger partial charge in [0.2, 0.25) is 5.88 Å². The van der Waals surface area contributed by atoms with Crippen molar-refractivity contribution in [3.8, 4) is 5.88 Å². The van der Waals surface area contributed by atoms with E-state index in [2.05, 4.69) is 31.9 Å². The Balaban J connectivity index is 2.05. The lowest BCUT2D eigenvalue weighted by Gasteiger charge is -2.05. The Bertz CT molecular complexity index is 1010. The first kappa shape index (κ1) is 19.2. The maximum Gasteiger partial charge on any atom is 0.213 e. The van der Waals surface area contributed by atoms with Gasteiger partial charge in [-0.05, 0) is 30.2 Å². The lowest BCUT2D eigenvalue weighted by molar-refractivity contribution is 0.397. The minimum atomic E-state index is -0.548. The molecule has 8 heteroatoms. The van der Waals surface area contributed by atoms with Gasteiger partial charge in [0.15, 0.2) is 17.5 Å². The van der Waals surface area contributed by atoms with Gasteiger partial charge in [-0.15, -0.1) is 0 Å². The van der Waals surface area contributed by atoms with Crippen LogP contribution in [0.2, 0.25) is 0 Å². The predicted molar refractivity (Wildman–Crippen MR) is 107 cm³/mol. The molecular formula is C20H21FN6O. The van der Waals surface area contributed by atoms with Crippen LogP contribution in [0.3, 0.4) is 0 Å². The van der Waals surface area contributed by atoms with E-state index in [1.165, 1.54) is 19.4 Å². The number of hydrogen-bond donors (Lipinski definition) is 2. The van der Waals surface area contributed by atoms with Gasteiger partial charge in [-0.2, -0.15) is 0 Å². The fourth-order valence-electron chi connectivity index (χ4n) is 2.56. The molecule has 0 aliphatic heterocycles. The summed E-state index contributed by atoms with van der Waals surface area (Å²) in [6.07, 6.45) is 6.36. The number of pyridine rings is 2. The lowest BCUT2D eigenvalue weighted by Crippen LogP contribution is -2.18. The van der Waals surface area contributed by atoms with Crippen molar-refractivity contribution in [2.75, 3.05) is 7.11 Å². The second-order valence-corrected chi connectivity index (χ2v) is 6.00. The molecule has 0 saturated heterocycles. The molecule has 3 aromatic rings. The zero-order chi connectivity index (χ0) is 19.9. The van der Waals surface area contributed by atoms with Crippen LogP contribution < -0.4 is 10.5 Å². The van der Waals surface area contributed by atoms with Crippen LogP contribution in [0.5, 0.6) is 5.88 Å². The number of methoxy groups -OCH3 is 1. The lowest BCUT2D eigenvalue weighted by atomic mass is 10.2. The number of H-pyrrole nitrogens is 1. The number of nitrogens with one attached hydrogen (secondary N) is 1. The summed E-state index contributed by atoms with van der Waals surface area (Å²) in [6, 6.07) is 8.58. The summed E-state index contributed by atoms with van der Waals surface area (Å²) >= 11 is 0. The molecule has 0 unspecified atom stereocenters. The molecule has 3 rings (SSSR count). The van der Waals surface area contributed by atoms with Crippen LogP contribution in [-0.2, 0) is 6.42 Å². The van der Waals surface area contributed by atoms with Gasteiger partial charge < -0.3 is 15.5 Å². The topological polar surface area (TPSA) is 102 Å². The van der Waals surface area contributed by atoms with Crippen molar-refractivity contribution in [3.05, 3.63) is 71.7 Å². The number of nitrogens with zero attached hydrogens (tertiary/aromatic N) is 4. The molecule has 3 N–H and O–H groups in total. The highest BCUT2D eigenvalue weighted by Gasteiger charge is 2.11. The van der Waals surface area contributed by atoms with E-state index in [0.29, 0.717) is 17.3 Å².